The molecule has 1 aliphatic carbocycles. The first-order chi connectivity index (χ1) is 8.92. The van der Waals surface area contributed by atoms with Gasteiger partial charge < -0.3 is 0 Å². The van der Waals surface area contributed by atoms with Gasteiger partial charge in [-0.3, -0.25) is 4.98 Å². The number of aromatic nitrogens is 3. The SMILES string of the molecule is c1ccc2nc(SCc3cccnc3)nc-2cc1. The highest BCUT2D eigenvalue weighted by atomic mass is 32.2. The van der Waals surface area contributed by atoms with Gasteiger partial charge in [0.2, 0.25) is 0 Å². The fraction of sp³-hybridized carbons (Fsp3) is 0.0714. The number of hydrogen-bond donors (Lipinski definition) is 0. The molecule has 2 aliphatic rings. The van der Waals surface area contributed by atoms with Crippen LogP contribution in [0.15, 0.2) is 60.0 Å². The van der Waals surface area contributed by atoms with Crippen molar-refractivity contribution in [3.8, 4) is 11.4 Å². The van der Waals surface area contributed by atoms with E-state index in [0.29, 0.717) is 0 Å². The second kappa shape index (κ2) is 5.14. The largest absolute Gasteiger partial charge is 0.264 e. The highest BCUT2D eigenvalue weighted by Crippen LogP contribution is 2.25. The van der Waals surface area contributed by atoms with E-state index in [2.05, 4.69) is 21.0 Å². The first kappa shape index (κ1) is 11.2. The van der Waals surface area contributed by atoms with Crippen molar-refractivity contribution in [2.24, 2.45) is 0 Å². The molecule has 18 heavy (non-hydrogen) atoms. The van der Waals surface area contributed by atoms with Crippen LogP contribution >= 0.6 is 11.8 Å². The molecule has 3 rings (SSSR count). The Bertz CT molecular complexity index is 582. The predicted octanol–water partition coefficient (Wildman–Crippen LogP) is 3.27. The average Bonchev–Trinajstić information content (AvgIpc) is 2.68. The maximum Gasteiger partial charge on any atom is 0.189 e. The number of fused-ring (bicyclic) bond motifs is 1. The van der Waals surface area contributed by atoms with E-state index in [-0.39, 0.29) is 0 Å². The minimum Gasteiger partial charge on any atom is -0.264 e. The van der Waals surface area contributed by atoms with E-state index in [4.69, 9.17) is 0 Å². The van der Waals surface area contributed by atoms with Crippen LogP contribution < -0.4 is 0 Å². The Labute approximate surface area is 110 Å². The summed E-state index contributed by atoms with van der Waals surface area (Å²) in [7, 11) is 0. The van der Waals surface area contributed by atoms with Gasteiger partial charge in [0.15, 0.2) is 5.16 Å². The average molecular weight is 253 g/mol. The lowest BCUT2D eigenvalue weighted by Gasteiger charge is -1.96. The second-order valence-electron chi connectivity index (χ2n) is 3.84. The Morgan fingerprint density at radius 3 is 2.33 bits per heavy atom. The second-order valence-corrected chi connectivity index (χ2v) is 4.78. The third-order valence-corrected chi connectivity index (χ3v) is 3.43. The zero-order chi connectivity index (χ0) is 12.2. The minimum absolute atomic E-state index is 0.819. The quantitative estimate of drug-likeness (QED) is 0.671. The Morgan fingerprint density at radius 1 is 0.889 bits per heavy atom. The third-order valence-electron chi connectivity index (χ3n) is 2.52. The molecule has 1 aliphatic heterocycles. The lowest BCUT2D eigenvalue weighted by Crippen LogP contribution is -1.82. The third kappa shape index (κ3) is 2.49. The van der Waals surface area contributed by atoms with Gasteiger partial charge in [-0.25, -0.2) is 9.97 Å². The van der Waals surface area contributed by atoms with Crippen molar-refractivity contribution in [3.63, 3.8) is 0 Å². The molecule has 0 saturated carbocycles. The minimum atomic E-state index is 0.819. The Kier molecular flexibility index (Phi) is 3.19. The Hall–Kier alpha value is -1.94. The molecule has 0 N–H and O–H groups in total. The number of thioether (sulfide) groups is 1. The summed E-state index contributed by atoms with van der Waals surface area (Å²) in [4.78, 5) is 13.1. The van der Waals surface area contributed by atoms with Crippen LogP contribution in [0, 0.1) is 0 Å². The summed E-state index contributed by atoms with van der Waals surface area (Å²) < 4.78 is 0. The van der Waals surface area contributed by atoms with Crippen molar-refractivity contribution >= 4 is 11.8 Å². The first-order valence-electron chi connectivity index (χ1n) is 5.66. The zero-order valence-electron chi connectivity index (χ0n) is 9.65. The molecule has 0 atom stereocenters. The van der Waals surface area contributed by atoms with Crippen LogP contribution in [0.5, 0.6) is 0 Å². The summed E-state index contributed by atoms with van der Waals surface area (Å²) in [5, 5.41) is 0.819. The van der Waals surface area contributed by atoms with Crippen LogP contribution in [0.1, 0.15) is 5.56 Å². The molecule has 2 heterocycles. The molecule has 1 aromatic rings. The van der Waals surface area contributed by atoms with Crippen LogP contribution in [-0.4, -0.2) is 15.0 Å². The molecule has 3 nitrogen and oxygen atoms in total. The molecule has 4 heteroatoms. The molecule has 0 spiro atoms. The summed E-state index contributed by atoms with van der Waals surface area (Å²) >= 11 is 1.63. The lowest BCUT2D eigenvalue weighted by atomic mass is 10.3. The molecule has 0 amide bonds. The molecule has 0 unspecified atom stereocenters. The van der Waals surface area contributed by atoms with Gasteiger partial charge in [-0.1, -0.05) is 36.0 Å². The van der Waals surface area contributed by atoms with E-state index < -0.39 is 0 Å². The van der Waals surface area contributed by atoms with E-state index in [1.165, 1.54) is 5.56 Å². The smallest absolute Gasteiger partial charge is 0.189 e. The molecule has 88 valence electrons. The number of rotatable bonds is 3. The van der Waals surface area contributed by atoms with E-state index in [9.17, 15) is 0 Å². The molecule has 0 bridgehead atoms. The van der Waals surface area contributed by atoms with Gasteiger partial charge in [0, 0.05) is 18.1 Å². The maximum atomic E-state index is 4.50. The van der Waals surface area contributed by atoms with Gasteiger partial charge >= 0.3 is 0 Å². The van der Waals surface area contributed by atoms with Gasteiger partial charge in [-0.15, -0.1) is 0 Å². The Balaban J connectivity index is 1.78. The molecule has 0 radical (unpaired) electrons. The fourth-order valence-corrected chi connectivity index (χ4v) is 2.44. The van der Waals surface area contributed by atoms with Crippen molar-refractivity contribution in [2.75, 3.05) is 0 Å². The molecular formula is C14H11N3S. The standard InChI is InChI=1S/C14H11N3S/c1-2-6-12-13(7-3-1)17-14(16-12)18-10-11-5-4-8-15-9-11/h1-9H,10H2. The highest BCUT2D eigenvalue weighted by molar-refractivity contribution is 7.98. The number of nitrogens with zero attached hydrogens (tertiary/aromatic N) is 3. The van der Waals surface area contributed by atoms with E-state index in [0.717, 1.165) is 22.3 Å². The molecular weight excluding hydrogens is 242 g/mol. The monoisotopic (exact) mass is 253 g/mol. The normalized spacial score (nSPS) is 10.7. The van der Waals surface area contributed by atoms with Gasteiger partial charge in [-0.2, -0.15) is 0 Å². The topological polar surface area (TPSA) is 38.7 Å². The van der Waals surface area contributed by atoms with Crippen molar-refractivity contribution in [3.05, 3.63) is 60.4 Å². The molecule has 0 fully saturated rings. The zero-order valence-corrected chi connectivity index (χ0v) is 10.5. The highest BCUT2D eigenvalue weighted by Gasteiger charge is 2.08. The van der Waals surface area contributed by atoms with Crippen molar-refractivity contribution in [2.45, 2.75) is 10.9 Å². The lowest BCUT2D eigenvalue weighted by molar-refractivity contribution is 1.07. The van der Waals surface area contributed by atoms with E-state index >= 15 is 0 Å². The summed E-state index contributed by atoms with van der Waals surface area (Å²) in [5.74, 6) is 0.844. The van der Waals surface area contributed by atoms with Crippen molar-refractivity contribution in [1.29, 1.82) is 0 Å². The van der Waals surface area contributed by atoms with Crippen LogP contribution in [-0.2, 0) is 5.75 Å². The summed E-state index contributed by atoms with van der Waals surface area (Å²) in [5.41, 5.74) is 3.06. The summed E-state index contributed by atoms with van der Waals surface area (Å²) in [6.07, 6.45) is 3.65. The van der Waals surface area contributed by atoms with Gasteiger partial charge in [0.05, 0.1) is 11.4 Å². The number of pyridine rings is 1. The maximum absolute atomic E-state index is 4.50. The Morgan fingerprint density at radius 2 is 1.67 bits per heavy atom. The van der Waals surface area contributed by atoms with Gasteiger partial charge in [0.25, 0.3) is 0 Å². The first-order valence-corrected chi connectivity index (χ1v) is 6.65. The van der Waals surface area contributed by atoms with Crippen LogP contribution in [0.25, 0.3) is 11.4 Å². The molecule has 1 aromatic heterocycles. The van der Waals surface area contributed by atoms with Gasteiger partial charge in [-0.05, 0) is 23.8 Å². The number of hydrogen-bond acceptors (Lipinski definition) is 4. The van der Waals surface area contributed by atoms with Crippen LogP contribution in [0.3, 0.4) is 0 Å². The summed E-state index contributed by atoms with van der Waals surface area (Å²) in [6, 6.07) is 13.9. The van der Waals surface area contributed by atoms with Crippen molar-refractivity contribution in [1.82, 2.24) is 15.0 Å². The van der Waals surface area contributed by atoms with E-state index in [1.807, 2.05) is 42.6 Å². The predicted molar refractivity (Wildman–Crippen MR) is 72.5 cm³/mol. The molecule has 0 saturated heterocycles. The van der Waals surface area contributed by atoms with Crippen LogP contribution in [0.4, 0.5) is 0 Å². The number of imidazole rings is 1. The van der Waals surface area contributed by atoms with Crippen LogP contribution in [0.2, 0.25) is 0 Å². The van der Waals surface area contributed by atoms with E-state index in [1.54, 1.807) is 18.0 Å². The van der Waals surface area contributed by atoms with Crippen molar-refractivity contribution < 1.29 is 0 Å². The fourth-order valence-electron chi connectivity index (χ4n) is 1.64. The summed E-state index contributed by atoms with van der Waals surface area (Å²) in [6.45, 7) is 0. The van der Waals surface area contributed by atoms with Gasteiger partial charge in [0.1, 0.15) is 0 Å². The molecule has 0 aromatic carbocycles.